The summed E-state index contributed by atoms with van der Waals surface area (Å²) in [6, 6.07) is 8.12. The lowest BCUT2D eigenvalue weighted by Crippen LogP contribution is -2.36. The third-order valence-electron chi connectivity index (χ3n) is 5.06. The van der Waals surface area contributed by atoms with E-state index in [9.17, 15) is 0 Å². The molecule has 1 aliphatic carbocycles. The van der Waals surface area contributed by atoms with E-state index in [4.69, 9.17) is 19.4 Å². The number of fused-ring (bicyclic) bond motifs is 3. The maximum absolute atomic E-state index is 6.29. The molecule has 0 bridgehead atoms. The Hall–Kier alpha value is -1.29. The van der Waals surface area contributed by atoms with E-state index in [0.29, 0.717) is 5.88 Å². The van der Waals surface area contributed by atoms with Crippen molar-refractivity contribution in [1.82, 2.24) is 14.9 Å². The van der Waals surface area contributed by atoms with E-state index >= 15 is 0 Å². The van der Waals surface area contributed by atoms with Crippen LogP contribution in [0.25, 0.3) is 10.2 Å². The fourth-order valence-electron chi connectivity index (χ4n) is 3.75. The smallest absolute Gasteiger partial charge is 0.231 e. The molecule has 3 aromatic rings. The number of hydrogen-bond acceptors (Lipinski definition) is 6. The quantitative estimate of drug-likeness (QED) is 0.504. The second-order valence-corrected chi connectivity index (χ2v) is 9.26. The van der Waals surface area contributed by atoms with Gasteiger partial charge in [0.25, 0.3) is 0 Å². The Bertz CT molecular complexity index is 985. The fraction of sp³-hybridized carbons (Fsp3) is 0.400. The average molecular weight is 493 g/mol. The van der Waals surface area contributed by atoms with E-state index in [1.807, 2.05) is 29.5 Å². The summed E-state index contributed by atoms with van der Waals surface area (Å²) in [7, 11) is 0. The molecule has 27 heavy (non-hydrogen) atoms. The lowest BCUT2D eigenvalue weighted by molar-refractivity contribution is 0.0330. The molecule has 0 atom stereocenters. The first-order valence-electron chi connectivity index (χ1n) is 9.31. The van der Waals surface area contributed by atoms with E-state index in [1.54, 1.807) is 0 Å². The summed E-state index contributed by atoms with van der Waals surface area (Å²) in [4.78, 5) is 14.6. The zero-order chi connectivity index (χ0) is 18.2. The molecule has 0 saturated carbocycles. The maximum Gasteiger partial charge on any atom is 0.231 e. The molecule has 5 nitrogen and oxygen atoms in total. The van der Waals surface area contributed by atoms with Gasteiger partial charge in [-0.05, 0) is 65.6 Å². The highest BCUT2D eigenvalue weighted by Gasteiger charge is 2.24. The third kappa shape index (κ3) is 3.70. The minimum atomic E-state index is 0.713. The summed E-state index contributed by atoms with van der Waals surface area (Å²) in [6.45, 7) is 4.15. The number of benzene rings is 1. The van der Waals surface area contributed by atoms with Gasteiger partial charge in [-0.15, -0.1) is 11.3 Å². The molecule has 0 unspecified atom stereocenters. The maximum atomic E-state index is 6.29. The van der Waals surface area contributed by atoms with Gasteiger partial charge in [-0.2, -0.15) is 4.98 Å². The zero-order valence-corrected chi connectivity index (χ0v) is 17.9. The third-order valence-corrected chi connectivity index (χ3v) is 6.91. The Kier molecular flexibility index (Phi) is 5.02. The number of aryl methyl sites for hydroxylation is 2. The first kappa shape index (κ1) is 17.8. The molecule has 0 amide bonds. The van der Waals surface area contributed by atoms with Crippen molar-refractivity contribution in [1.29, 1.82) is 0 Å². The molecule has 1 fully saturated rings. The van der Waals surface area contributed by atoms with Gasteiger partial charge in [-0.1, -0.05) is 6.07 Å². The molecule has 140 valence electrons. The summed E-state index contributed by atoms with van der Waals surface area (Å²) < 4.78 is 12.9. The Morgan fingerprint density at radius 3 is 2.93 bits per heavy atom. The van der Waals surface area contributed by atoms with Crippen LogP contribution in [0.5, 0.6) is 11.6 Å². The Morgan fingerprint density at radius 1 is 1.19 bits per heavy atom. The normalized spacial score (nSPS) is 17.4. The molecule has 0 radical (unpaired) electrons. The standard InChI is InChI=1S/C20H20IN3O2S/c21-13-3-1-4-14(11-13)26-19-18-15-5-2-6-16(15)27-20(18)23-17(22-19)12-24-7-9-25-10-8-24/h1,3-4,11H,2,5-10,12H2. The van der Waals surface area contributed by atoms with Gasteiger partial charge in [0.1, 0.15) is 16.4 Å². The van der Waals surface area contributed by atoms with E-state index in [2.05, 4.69) is 33.6 Å². The predicted molar refractivity (Wildman–Crippen MR) is 115 cm³/mol. The van der Waals surface area contributed by atoms with Crippen molar-refractivity contribution in [3.63, 3.8) is 0 Å². The number of nitrogens with zero attached hydrogens (tertiary/aromatic N) is 3. The molecule has 3 heterocycles. The van der Waals surface area contributed by atoms with Crippen LogP contribution in [0.15, 0.2) is 24.3 Å². The average Bonchev–Trinajstić information content (AvgIpc) is 3.23. The molecule has 1 aromatic carbocycles. The number of ether oxygens (including phenoxy) is 2. The Balaban J connectivity index is 1.55. The topological polar surface area (TPSA) is 47.5 Å². The SMILES string of the molecule is Ic1cccc(Oc2nc(CN3CCOCC3)nc3sc4c(c23)CCC4)c1. The van der Waals surface area contributed by atoms with Crippen LogP contribution >= 0.6 is 33.9 Å². The molecule has 7 heteroatoms. The van der Waals surface area contributed by atoms with Gasteiger partial charge in [0.2, 0.25) is 5.88 Å². The summed E-state index contributed by atoms with van der Waals surface area (Å²) in [5, 5.41) is 1.12. The number of halogens is 1. The van der Waals surface area contributed by atoms with Crippen LogP contribution in [0.3, 0.4) is 0 Å². The summed E-state index contributed by atoms with van der Waals surface area (Å²) >= 11 is 4.12. The van der Waals surface area contributed by atoms with Gasteiger partial charge >= 0.3 is 0 Å². The van der Waals surface area contributed by atoms with Crippen LogP contribution in [0, 0.1) is 3.57 Å². The van der Waals surface area contributed by atoms with Crippen molar-refractivity contribution in [3.05, 3.63) is 44.1 Å². The minimum Gasteiger partial charge on any atom is -0.438 e. The van der Waals surface area contributed by atoms with Gasteiger partial charge in [0.05, 0.1) is 25.1 Å². The first-order chi connectivity index (χ1) is 13.3. The van der Waals surface area contributed by atoms with Gasteiger partial charge in [-0.25, -0.2) is 4.98 Å². The Morgan fingerprint density at radius 2 is 2.07 bits per heavy atom. The molecule has 1 aliphatic heterocycles. The predicted octanol–water partition coefficient (Wildman–Crippen LogP) is 4.41. The van der Waals surface area contributed by atoms with Gasteiger partial charge in [0.15, 0.2) is 0 Å². The van der Waals surface area contributed by atoms with Crippen molar-refractivity contribution in [2.75, 3.05) is 26.3 Å². The molecule has 5 rings (SSSR count). The van der Waals surface area contributed by atoms with Crippen molar-refractivity contribution in [2.45, 2.75) is 25.8 Å². The molecule has 0 spiro atoms. The number of hydrogen-bond donors (Lipinski definition) is 0. The number of rotatable bonds is 4. The van der Waals surface area contributed by atoms with E-state index < -0.39 is 0 Å². The van der Waals surface area contributed by atoms with E-state index in [-0.39, 0.29) is 0 Å². The van der Waals surface area contributed by atoms with Crippen LogP contribution in [0.2, 0.25) is 0 Å². The zero-order valence-electron chi connectivity index (χ0n) is 14.9. The molecule has 0 N–H and O–H groups in total. The number of thiophene rings is 1. The fourth-order valence-corrected chi connectivity index (χ4v) is 5.54. The highest BCUT2D eigenvalue weighted by atomic mass is 127. The van der Waals surface area contributed by atoms with Gasteiger partial charge < -0.3 is 9.47 Å². The van der Waals surface area contributed by atoms with Crippen LogP contribution in [0.1, 0.15) is 22.7 Å². The van der Waals surface area contributed by atoms with Crippen molar-refractivity contribution in [2.24, 2.45) is 0 Å². The molecular formula is C20H20IN3O2S. The molecule has 2 aromatic heterocycles. The monoisotopic (exact) mass is 493 g/mol. The van der Waals surface area contributed by atoms with Gasteiger partial charge in [-0.3, -0.25) is 4.90 Å². The first-order valence-corrected chi connectivity index (χ1v) is 11.2. The molecule has 1 saturated heterocycles. The lowest BCUT2D eigenvalue weighted by atomic mass is 10.2. The largest absolute Gasteiger partial charge is 0.438 e. The highest BCUT2D eigenvalue weighted by molar-refractivity contribution is 14.1. The van der Waals surface area contributed by atoms with E-state index in [0.717, 1.165) is 71.1 Å². The molecular weight excluding hydrogens is 473 g/mol. The second kappa shape index (κ2) is 7.62. The summed E-state index contributed by atoms with van der Waals surface area (Å²) in [5.74, 6) is 2.38. The second-order valence-electron chi connectivity index (χ2n) is 6.93. The molecule has 2 aliphatic rings. The highest BCUT2D eigenvalue weighted by Crippen LogP contribution is 2.41. The van der Waals surface area contributed by atoms with Crippen LogP contribution in [-0.4, -0.2) is 41.2 Å². The van der Waals surface area contributed by atoms with Crippen LogP contribution in [0.4, 0.5) is 0 Å². The summed E-state index contributed by atoms with van der Waals surface area (Å²) in [5.41, 5.74) is 1.40. The number of aromatic nitrogens is 2. The van der Waals surface area contributed by atoms with Gasteiger partial charge in [0, 0.05) is 21.5 Å². The van der Waals surface area contributed by atoms with Crippen LogP contribution in [-0.2, 0) is 24.1 Å². The number of morpholine rings is 1. The van der Waals surface area contributed by atoms with Crippen molar-refractivity contribution < 1.29 is 9.47 Å². The minimum absolute atomic E-state index is 0.713. The van der Waals surface area contributed by atoms with Crippen molar-refractivity contribution >= 4 is 44.1 Å². The Labute approximate surface area is 175 Å². The van der Waals surface area contributed by atoms with Crippen molar-refractivity contribution in [3.8, 4) is 11.6 Å². The lowest BCUT2D eigenvalue weighted by Gasteiger charge is -2.25. The summed E-state index contributed by atoms with van der Waals surface area (Å²) in [6.07, 6.45) is 3.47. The van der Waals surface area contributed by atoms with Crippen LogP contribution < -0.4 is 4.74 Å². The van der Waals surface area contributed by atoms with E-state index in [1.165, 1.54) is 16.9 Å².